The van der Waals surface area contributed by atoms with Crippen LogP contribution >= 0.6 is 11.6 Å². The highest BCUT2D eigenvalue weighted by molar-refractivity contribution is 6.33. The summed E-state index contributed by atoms with van der Waals surface area (Å²) in [5, 5.41) is 3.05. The molecule has 2 aromatic carbocycles. The molecule has 5 heteroatoms. The number of alkyl carbamates (subject to hydrolysis) is 1. The molecule has 0 saturated carbocycles. The number of benzene rings is 2. The first-order valence-electron chi connectivity index (χ1n) is 7.05. The number of carbonyl (C=O) groups is 1. The molecule has 1 amide bonds. The van der Waals surface area contributed by atoms with E-state index in [1.54, 1.807) is 6.07 Å². The summed E-state index contributed by atoms with van der Waals surface area (Å²) in [5.74, 6) is 5.77. The lowest BCUT2D eigenvalue weighted by Gasteiger charge is -2.04. The third-order valence-corrected chi connectivity index (χ3v) is 3.42. The molecule has 2 aromatic rings. The predicted molar refractivity (Wildman–Crippen MR) is 92.1 cm³/mol. The van der Waals surface area contributed by atoms with Gasteiger partial charge in [0, 0.05) is 5.56 Å². The van der Waals surface area contributed by atoms with Crippen LogP contribution in [0.1, 0.15) is 16.7 Å². The molecule has 0 aromatic heterocycles. The van der Waals surface area contributed by atoms with Crippen LogP contribution in [0.4, 0.5) is 10.5 Å². The van der Waals surface area contributed by atoms with Gasteiger partial charge in [0.1, 0.15) is 6.61 Å². The van der Waals surface area contributed by atoms with E-state index >= 15 is 0 Å². The van der Waals surface area contributed by atoms with E-state index < -0.39 is 6.09 Å². The Morgan fingerprint density at radius 2 is 2.04 bits per heavy atom. The van der Waals surface area contributed by atoms with Gasteiger partial charge in [-0.25, -0.2) is 4.79 Å². The molecule has 0 atom stereocenters. The maximum Gasteiger partial charge on any atom is 0.408 e. The monoisotopic (exact) mass is 328 g/mol. The molecule has 0 radical (unpaired) electrons. The molecule has 118 valence electrons. The summed E-state index contributed by atoms with van der Waals surface area (Å²) < 4.78 is 5.08. The molecule has 0 heterocycles. The van der Waals surface area contributed by atoms with Crippen molar-refractivity contribution >= 4 is 23.4 Å². The van der Waals surface area contributed by atoms with Crippen LogP contribution in [0.25, 0.3) is 0 Å². The minimum absolute atomic E-state index is 0.189. The molecule has 2 rings (SSSR count). The van der Waals surface area contributed by atoms with Crippen LogP contribution in [0.15, 0.2) is 42.5 Å². The topological polar surface area (TPSA) is 64.3 Å². The third-order valence-electron chi connectivity index (χ3n) is 3.10. The van der Waals surface area contributed by atoms with Crippen molar-refractivity contribution in [2.45, 2.75) is 13.5 Å². The van der Waals surface area contributed by atoms with E-state index in [1.165, 1.54) is 0 Å². The van der Waals surface area contributed by atoms with Gasteiger partial charge in [-0.05, 0) is 30.2 Å². The van der Waals surface area contributed by atoms with E-state index in [0.29, 0.717) is 10.7 Å². The van der Waals surface area contributed by atoms with E-state index in [0.717, 1.165) is 16.7 Å². The Labute approximate surface area is 140 Å². The molecule has 4 nitrogen and oxygen atoms in total. The number of hydrogen-bond acceptors (Lipinski definition) is 3. The molecule has 0 saturated heterocycles. The van der Waals surface area contributed by atoms with E-state index in [9.17, 15) is 4.79 Å². The Balaban J connectivity index is 1.80. The summed E-state index contributed by atoms with van der Waals surface area (Å²) in [6.45, 7) is 2.28. The predicted octanol–water partition coefficient (Wildman–Crippen LogP) is 3.51. The van der Waals surface area contributed by atoms with Gasteiger partial charge in [0.15, 0.2) is 0 Å². The van der Waals surface area contributed by atoms with Crippen molar-refractivity contribution in [2.75, 3.05) is 12.3 Å². The molecular formula is C18H17ClN2O2. The van der Waals surface area contributed by atoms with Crippen LogP contribution in [-0.2, 0) is 11.3 Å². The molecule has 0 aliphatic rings. The quantitative estimate of drug-likeness (QED) is 0.669. The molecule has 0 bridgehead atoms. The average molecular weight is 329 g/mol. The standard InChI is InChI=1S/C18H17ClN2O2/c1-13-10-15(11-16(19)17(13)20)8-5-9-21-18(22)23-12-14-6-3-2-4-7-14/h2-4,6-7,10-11H,9,12,20H2,1H3,(H,21,22). The number of nitrogens with one attached hydrogen (secondary N) is 1. The normalized spacial score (nSPS) is 9.65. The van der Waals surface area contributed by atoms with E-state index in [1.807, 2.05) is 43.3 Å². The second-order valence-corrected chi connectivity index (χ2v) is 5.31. The lowest BCUT2D eigenvalue weighted by Crippen LogP contribution is -2.24. The van der Waals surface area contributed by atoms with Gasteiger partial charge in [-0.3, -0.25) is 0 Å². The Morgan fingerprint density at radius 1 is 1.30 bits per heavy atom. The van der Waals surface area contributed by atoms with Crippen LogP contribution in [0, 0.1) is 18.8 Å². The van der Waals surface area contributed by atoms with Crippen LogP contribution in [-0.4, -0.2) is 12.6 Å². The number of nitrogens with two attached hydrogens (primary N) is 1. The first-order chi connectivity index (χ1) is 11.1. The highest BCUT2D eigenvalue weighted by Gasteiger charge is 2.02. The van der Waals surface area contributed by atoms with Gasteiger partial charge >= 0.3 is 6.09 Å². The molecule has 0 unspecified atom stereocenters. The zero-order chi connectivity index (χ0) is 16.7. The number of nitrogen functional groups attached to an aromatic ring is 1. The van der Waals surface area contributed by atoms with Crippen molar-refractivity contribution in [3.8, 4) is 11.8 Å². The lowest BCUT2D eigenvalue weighted by atomic mass is 10.1. The van der Waals surface area contributed by atoms with Crippen molar-refractivity contribution in [1.82, 2.24) is 5.32 Å². The van der Waals surface area contributed by atoms with Crippen LogP contribution < -0.4 is 11.1 Å². The summed E-state index contributed by atoms with van der Waals surface area (Å²) >= 11 is 6.00. The number of rotatable bonds is 3. The maximum atomic E-state index is 11.5. The zero-order valence-corrected chi connectivity index (χ0v) is 13.5. The van der Waals surface area contributed by atoms with Crippen LogP contribution in [0.3, 0.4) is 0 Å². The Morgan fingerprint density at radius 3 is 2.74 bits per heavy atom. The van der Waals surface area contributed by atoms with Gasteiger partial charge in [-0.15, -0.1) is 0 Å². The summed E-state index contributed by atoms with van der Waals surface area (Å²) in [4.78, 5) is 11.5. The fourth-order valence-electron chi connectivity index (χ4n) is 1.86. The summed E-state index contributed by atoms with van der Waals surface area (Å²) in [6, 6.07) is 13.0. The van der Waals surface area contributed by atoms with Crippen molar-refractivity contribution in [3.05, 3.63) is 64.2 Å². The van der Waals surface area contributed by atoms with Gasteiger partial charge in [-0.1, -0.05) is 53.8 Å². The largest absolute Gasteiger partial charge is 0.445 e. The van der Waals surface area contributed by atoms with E-state index in [4.69, 9.17) is 22.1 Å². The molecular weight excluding hydrogens is 312 g/mol. The van der Waals surface area contributed by atoms with Gasteiger partial charge in [-0.2, -0.15) is 0 Å². The highest BCUT2D eigenvalue weighted by atomic mass is 35.5. The van der Waals surface area contributed by atoms with Gasteiger partial charge in [0.2, 0.25) is 0 Å². The molecule has 0 spiro atoms. The van der Waals surface area contributed by atoms with Crippen LogP contribution in [0.2, 0.25) is 5.02 Å². The number of ether oxygens (including phenoxy) is 1. The number of hydrogen-bond donors (Lipinski definition) is 2. The smallest absolute Gasteiger partial charge is 0.408 e. The first-order valence-corrected chi connectivity index (χ1v) is 7.43. The lowest BCUT2D eigenvalue weighted by molar-refractivity contribution is 0.141. The van der Waals surface area contributed by atoms with Gasteiger partial charge in [0.05, 0.1) is 17.3 Å². The van der Waals surface area contributed by atoms with Crippen LogP contribution in [0.5, 0.6) is 0 Å². The fourth-order valence-corrected chi connectivity index (χ4v) is 2.13. The number of halogens is 1. The Hall–Kier alpha value is -2.64. The van der Waals surface area contributed by atoms with E-state index in [2.05, 4.69) is 17.2 Å². The SMILES string of the molecule is Cc1cc(C#CCNC(=O)OCc2ccccc2)cc(Cl)c1N. The van der Waals surface area contributed by atoms with Gasteiger partial charge < -0.3 is 15.8 Å². The van der Waals surface area contributed by atoms with Crippen molar-refractivity contribution < 1.29 is 9.53 Å². The number of amides is 1. The summed E-state index contributed by atoms with van der Waals surface area (Å²) in [5.41, 5.74) is 8.88. The summed E-state index contributed by atoms with van der Waals surface area (Å²) in [7, 11) is 0. The van der Waals surface area contributed by atoms with Crippen molar-refractivity contribution in [1.29, 1.82) is 0 Å². The zero-order valence-electron chi connectivity index (χ0n) is 12.7. The molecule has 0 fully saturated rings. The molecule has 23 heavy (non-hydrogen) atoms. The minimum atomic E-state index is -0.505. The Bertz CT molecular complexity index is 726. The number of aryl methyl sites for hydroxylation is 1. The summed E-state index contributed by atoms with van der Waals surface area (Å²) in [6.07, 6.45) is -0.505. The molecule has 0 aliphatic carbocycles. The number of anilines is 1. The van der Waals surface area contributed by atoms with E-state index in [-0.39, 0.29) is 13.2 Å². The maximum absolute atomic E-state index is 11.5. The van der Waals surface area contributed by atoms with Gasteiger partial charge in [0.25, 0.3) is 0 Å². The molecule has 0 aliphatic heterocycles. The highest BCUT2D eigenvalue weighted by Crippen LogP contribution is 2.23. The Kier molecular flexibility index (Phi) is 5.90. The minimum Gasteiger partial charge on any atom is -0.445 e. The van der Waals surface area contributed by atoms with Crippen molar-refractivity contribution in [2.24, 2.45) is 0 Å². The fraction of sp³-hybridized carbons (Fsp3) is 0.167. The second kappa shape index (κ2) is 8.11. The first kappa shape index (κ1) is 16.7. The third kappa shape index (κ3) is 5.24. The average Bonchev–Trinajstić information content (AvgIpc) is 2.55. The molecule has 3 N–H and O–H groups in total. The second-order valence-electron chi connectivity index (χ2n) is 4.91. The number of carbonyl (C=O) groups excluding carboxylic acids is 1. The van der Waals surface area contributed by atoms with Crippen molar-refractivity contribution in [3.63, 3.8) is 0 Å².